The Bertz CT molecular complexity index is 1760. The first-order valence-electron chi connectivity index (χ1n) is 12.3. The van der Waals surface area contributed by atoms with Crippen molar-refractivity contribution in [3.8, 4) is 11.5 Å². The van der Waals surface area contributed by atoms with Gasteiger partial charge in [0.05, 0.1) is 28.1 Å². The van der Waals surface area contributed by atoms with Gasteiger partial charge in [0, 0.05) is 37.1 Å². The lowest BCUT2D eigenvalue weighted by Crippen LogP contribution is -2.40. The molecule has 0 radical (unpaired) electrons. The van der Waals surface area contributed by atoms with Crippen molar-refractivity contribution in [2.45, 2.75) is 26.4 Å². The smallest absolute Gasteiger partial charge is 0.315 e. The van der Waals surface area contributed by atoms with Crippen molar-refractivity contribution >= 4 is 60.3 Å². The molecule has 0 aliphatic heterocycles. The van der Waals surface area contributed by atoms with Crippen LogP contribution in [0.15, 0.2) is 61.2 Å². The van der Waals surface area contributed by atoms with E-state index in [2.05, 4.69) is 30.3 Å². The van der Waals surface area contributed by atoms with E-state index in [0.29, 0.717) is 36.6 Å². The lowest BCUT2D eigenvalue weighted by Gasteiger charge is -2.13. The fourth-order valence-corrected chi connectivity index (χ4v) is 4.45. The van der Waals surface area contributed by atoms with E-state index in [1.165, 1.54) is 23.9 Å². The van der Waals surface area contributed by atoms with Crippen LogP contribution in [0.2, 0.25) is 0 Å². The number of carbonyl (C=O) groups is 1. The third-order valence-corrected chi connectivity index (χ3v) is 6.15. The van der Waals surface area contributed by atoms with Crippen LogP contribution in [0.4, 0.5) is 20.7 Å². The summed E-state index contributed by atoms with van der Waals surface area (Å²) in [5.74, 6) is 0.674. The highest BCUT2D eigenvalue weighted by Crippen LogP contribution is 2.34. The second-order valence-electron chi connectivity index (χ2n) is 9.12. The molecule has 0 fully saturated rings. The normalized spacial score (nSPS) is 11.3. The van der Waals surface area contributed by atoms with Crippen LogP contribution < -0.4 is 20.7 Å². The summed E-state index contributed by atoms with van der Waals surface area (Å²) in [6.45, 7) is 4.74. The number of urea groups is 1. The molecule has 15 heteroatoms. The third kappa shape index (κ3) is 8.33. The molecule has 0 spiro atoms. The SMILES string of the molecule is CC(C)NC(=O)NCCn1ccc2ncnc(Nc3ccc(Oc4cccc5sncc45)c(F)c3)c21.CS(=O)(=O)O. The van der Waals surface area contributed by atoms with E-state index >= 15 is 0 Å². The van der Waals surface area contributed by atoms with Crippen molar-refractivity contribution in [3.05, 3.63) is 67.0 Å². The van der Waals surface area contributed by atoms with Crippen molar-refractivity contribution in [3.63, 3.8) is 0 Å². The Morgan fingerprint density at radius 2 is 1.95 bits per heavy atom. The molecule has 2 amide bonds. The molecule has 216 valence electrons. The zero-order chi connectivity index (χ0) is 29.6. The largest absolute Gasteiger partial charge is 0.454 e. The van der Waals surface area contributed by atoms with Crippen molar-refractivity contribution in [1.29, 1.82) is 0 Å². The zero-order valence-electron chi connectivity index (χ0n) is 22.3. The zero-order valence-corrected chi connectivity index (χ0v) is 24.0. The molecule has 41 heavy (non-hydrogen) atoms. The lowest BCUT2D eigenvalue weighted by atomic mass is 10.2. The lowest BCUT2D eigenvalue weighted by molar-refractivity contribution is 0.238. The van der Waals surface area contributed by atoms with Gasteiger partial charge < -0.3 is 25.3 Å². The van der Waals surface area contributed by atoms with E-state index in [-0.39, 0.29) is 17.8 Å². The number of halogens is 1. The maximum absolute atomic E-state index is 15.0. The standard InChI is InChI=1S/C25H24FN7O2S.CH4O3S/c1-15(2)31-25(34)27-9-11-33-10-8-19-23(33)24(29-14-28-19)32-16-6-7-21(18(26)12-16)35-20-4-3-5-22-17(20)13-30-36-22;1-5(2,3)4/h3-8,10,12-15H,9,11H2,1-2H3,(H2,27,31,34)(H,28,29,32);1H3,(H,2,3,4). The molecule has 2 aromatic carbocycles. The van der Waals surface area contributed by atoms with Crippen LogP contribution >= 0.6 is 11.5 Å². The molecule has 0 unspecified atom stereocenters. The minimum Gasteiger partial charge on any atom is -0.454 e. The molecule has 0 bridgehead atoms. The van der Waals surface area contributed by atoms with Gasteiger partial charge in [0.25, 0.3) is 10.1 Å². The second-order valence-corrected chi connectivity index (χ2v) is 11.4. The Morgan fingerprint density at radius 3 is 2.68 bits per heavy atom. The van der Waals surface area contributed by atoms with Crippen molar-refractivity contribution in [2.75, 3.05) is 18.1 Å². The molecule has 3 heterocycles. The molecule has 0 aliphatic rings. The fraction of sp³-hybridized carbons (Fsp3) is 0.231. The minimum absolute atomic E-state index is 0.0557. The summed E-state index contributed by atoms with van der Waals surface area (Å²) in [6, 6.07) is 11.9. The third-order valence-electron chi connectivity index (χ3n) is 5.38. The summed E-state index contributed by atoms with van der Waals surface area (Å²) in [4.78, 5) is 20.5. The number of fused-ring (bicyclic) bond motifs is 2. The highest BCUT2D eigenvalue weighted by molar-refractivity contribution is 7.85. The first-order chi connectivity index (χ1) is 19.5. The topological polar surface area (TPSA) is 160 Å². The van der Waals surface area contributed by atoms with E-state index in [9.17, 15) is 17.6 Å². The summed E-state index contributed by atoms with van der Waals surface area (Å²) < 4.78 is 53.8. The molecule has 0 atom stereocenters. The Balaban J connectivity index is 0.000000714. The summed E-state index contributed by atoms with van der Waals surface area (Å²) >= 11 is 1.36. The van der Waals surface area contributed by atoms with E-state index in [0.717, 1.165) is 21.1 Å². The van der Waals surface area contributed by atoms with E-state index in [4.69, 9.17) is 9.29 Å². The van der Waals surface area contributed by atoms with Crippen molar-refractivity contribution in [1.82, 2.24) is 29.5 Å². The van der Waals surface area contributed by atoms with Crippen LogP contribution in [0.5, 0.6) is 11.5 Å². The molecule has 3 aromatic heterocycles. The molecule has 0 saturated heterocycles. The molecular weight excluding hydrogens is 573 g/mol. The minimum atomic E-state index is -3.67. The second kappa shape index (κ2) is 12.9. The van der Waals surface area contributed by atoms with E-state index in [1.807, 2.05) is 42.8 Å². The number of anilines is 2. The predicted octanol–water partition coefficient (Wildman–Crippen LogP) is 4.93. The predicted molar refractivity (Wildman–Crippen MR) is 156 cm³/mol. The van der Waals surface area contributed by atoms with E-state index in [1.54, 1.807) is 24.4 Å². The van der Waals surface area contributed by atoms with Crippen molar-refractivity contribution in [2.24, 2.45) is 0 Å². The Labute approximate surface area is 239 Å². The molecule has 5 rings (SSSR count). The van der Waals surface area contributed by atoms with Gasteiger partial charge >= 0.3 is 6.03 Å². The molecule has 12 nitrogen and oxygen atoms in total. The number of hydrogen-bond acceptors (Lipinski definition) is 9. The Hall–Kier alpha value is -4.34. The van der Waals surface area contributed by atoms with Crippen LogP contribution in [0, 0.1) is 5.82 Å². The highest BCUT2D eigenvalue weighted by Gasteiger charge is 2.13. The number of rotatable bonds is 8. The van der Waals surface area contributed by atoms with Gasteiger partial charge in [0.1, 0.15) is 17.6 Å². The average Bonchev–Trinajstić information content (AvgIpc) is 3.53. The maximum Gasteiger partial charge on any atom is 0.315 e. The molecule has 5 aromatic rings. The van der Waals surface area contributed by atoms with Crippen LogP contribution in [0.3, 0.4) is 0 Å². The monoisotopic (exact) mass is 601 g/mol. The van der Waals surface area contributed by atoms with Gasteiger partial charge in [-0.05, 0) is 55.7 Å². The van der Waals surface area contributed by atoms with Crippen LogP contribution in [0.1, 0.15) is 13.8 Å². The summed E-state index contributed by atoms with van der Waals surface area (Å²) in [5, 5.41) is 9.64. The number of nitrogens with one attached hydrogen (secondary N) is 3. The number of benzene rings is 2. The molecule has 0 saturated carbocycles. The number of aromatic nitrogens is 4. The van der Waals surface area contributed by atoms with E-state index < -0.39 is 15.9 Å². The summed E-state index contributed by atoms with van der Waals surface area (Å²) in [7, 11) is -3.67. The first-order valence-corrected chi connectivity index (χ1v) is 14.9. The highest BCUT2D eigenvalue weighted by atomic mass is 32.2. The average molecular weight is 602 g/mol. The van der Waals surface area contributed by atoms with Crippen molar-refractivity contribution < 1.29 is 26.9 Å². The van der Waals surface area contributed by atoms with Gasteiger partial charge in [-0.1, -0.05) is 6.07 Å². The fourth-order valence-electron chi connectivity index (χ4n) is 3.79. The molecule has 4 N–H and O–H groups in total. The van der Waals surface area contributed by atoms with Gasteiger partial charge in [-0.25, -0.2) is 19.2 Å². The van der Waals surface area contributed by atoms with Gasteiger partial charge in [-0.15, -0.1) is 0 Å². The number of carbonyl (C=O) groups excluding carboxylic acids is 1. The number of ether oxygens (including phenoxy) is 1. The first kappa shape index (κ1) is 29.6. The summed E-state index contributed by atoms with van der Waals surface area (Å²) in [6.07, 6.45) is 5.76. The number of hydrogen-bond donors (Lipinski definition) is 4. The van der Waals surface area contributed by atoms with Crippen LogP contribution in [-0.4, -0.2) is 56.8 Å². The maximum atomic E-state index is 15.0. The quantitative estimate of drug-likeness (QED) is 0.181. The number of nitrogens with zero attached hydrogens (tertiary/aromatic N) is 4. The van der Waals surface area contributed by atoms with Gasteiger partial charge in [0.15, 0.2) is 17.4 Å². The number of amides is 2. The van der Waals surface area contributed by atoms with Crippen LogP contribution in [0.25, 0.3) is 21.1 Å². The Morgan fingerprint density at radius 1 is 1.17 bits per heavy atom. The van der Waals surface area contributed by atoms with Gasteiger partial charge in [0.2, 0.25) is 0 Å². The van der Waals surface area contributed by atoms with Gasteiger partial charge in [-0.3, -0.25) is 4.55 Å². The Kier molecular flexibility index (Phi) is 9.31. The summed E-state index contributed by atoms with van der Waals surface area (Å²) in [5.41, 5.74) is 2.00. The van der Waals surface area contributed by atoms with Crippen LogP contribution in [-0.2, 0) is 16.7 Å². The van der Waals surface area contributed by atoms with Gasteiger partial charge in [-0.2, -0.15) is 12.8 Å². The molecule has 0 aliphatic carbocycles. The molecular formula is C26H28FN7O5S2.